The molecule has 1 aliphatic heterocycles. The summed E-state index contributed by atoms with van der Waals surface area (Å²) in [5.74, 6) is 0.0442. The molecule has 2 rings (SSSR count). The van der Waals surface area contributed by atoms with Gasteiger partial charge in [0.05, 0.1) is 24.9 Å². The summed E-state index contributed by atoms with van der Waals surface area (Å²) in [6.45, 7) is 5.42. The highest BCUT2D eigenvalue weighted by atomic mass is 79.9. The molecule has 0 saturated carbocycles. The Hall–Kier alpha value is -0.980. The lowest BCUT2D eigenvalue weighted by Gasteiger charge is -2.32. The maximum atomic E-state index is 12.3. The van der Waals surface area contributed by atoms with Crippen LogP contribution < -0.4 is 0 Å². The zero-order valence-electron chi connectivity index (χ0n) is 12.3. The molecule has 1 saturated heterocycles. The number of aromatic nitrogens is 1. The van der Waals surface area contributed by atoms with Crippen LogP contribution in [0, 0.1) is 0 Å². The van der Waals surface area contributed by atoms with Crippen molar-refractivity contribution in [2.24, 2.45) is 0 Å². The molecule has 0 unspecified atom stereocenters. The van der Waals surface area contributed by atoms with Gasteiger partial charge in [-0.05, 0) is 47.8 Å². The molecule has 0 radical (unpaired) electrons. The third-order valence-electron chi connectivity index (χ3n) is 3.49. The third-order valence-corrected chi connectivity index (χ3v) is 3.96. The van der Waals surface area contributed by atoms with Crippen LogP contribution in [0.25, 0.3) is 0 Å². The molecule has 1 aromatic heterocycles. The lowest BCUT2D eigenvalue weighted by molar-refractivity contribution is -0.0182. The number of nitrogens with zero attached hydrogens (tertiary/aromatic N) is 2. The quantitative estimate of drug-likeness (QED) is 0.580. The smallest absolute Gasteiger partial charge is 0.255 e. The topological polar surface area (TPSA) is 51.7 Å². The summed E-state index contributed by atoms with van der Waals surface area (Å²) >= 11 is 3.27. The predicted octanol–water partition coefficient (Wildman–Crippen LogP) is 2.50. The average Bonchev–Trinajstić information content (AvgIpc) is 2.52. The van der Waals surface area contributed by atoms with E-state index in [-0.39, 0.29) is 12.0 Å². The number of ether oxygens (including phenoxy) is 2. The van der Waals surface area contributed by atoms with Gasteiger partial charge in [-0.25, -0.2) is 4.98 Å². The maximum Gasteiger partial charge on any atom is 0.255 e. The number of hydrogen-bond donors (Lipinski definition) is 0. The summed E-state index contributed by atoms with van der Waals surface area (Å²) in [4.78, 5) is 18.3. The normalized spacial score (nSPS) is 16.2. The van der Waals surface area contributed by atoms with Crippen LogP contribution in [0.4, 0.5) is 0 Å². The molecule has 1 fully saturated rings. The highest BCUT2D eigenvalue weighted by Crippen LogP contribution is 2.16. The SMILES string of the molecule is CCOCCOC1CCN(C(=O)c2ccc(Br)nc2)CC1. The molecule has 0 atom stereocenters. The molecule has 0 N–H and O–H groups in total. The van der Waals surface area contributed by atoms with Crippen molar-refractivity contribution in [1.29, 1.82) is 0 Å². The molecule has 6 heteroatoms. The van der Waals surface area contributed by atoms with Crippen molar-refractivity contribution in [1.82, 2.24) is 9.88 Å². The lowest BCUT2D eigenvalue weighted by Crippen LogP contribution is -2.41. The monoisotopic (exact) mass is 356 g/mol. The summed E-state index contributed by atoms with van der Waals surface area (Å²) in [5.41, 5.74) is 0.633. The van der Waals surface area contributed by atoms with Gasteiger partial charge < -0.3 is 14.4 Å². The summed E-state index contributed by atoms with van der Waals surface area (Å²) < 4.78 is 11.7. The van der Waals surface area contributed by atoms with E-state index in [0.29, 0.717) is 18.8 Å². The first-order valence-electron chi connectivity index (χ1n) is 7.31. The van der Waals surface area contributed by atoms with Gasteiger partial charge in [-0.3, -0.25) is 4.79 Å². The van der Waals surface area contributed by atoms with Crippen LogP contribution in [0.1, 0.15) is 30.1 Å². The number of hydrogen-bond acceptors (Lipinski definition) is 4. The first-order chi connectivity index (χ1) is 10.2. The second-order valence-electron chi connectivity index (χ2n) is 4.93. The van der Waals surface area contributed by atoms with Gasteiger partial charge in [0.1, 0.15) is 4.60 Å². The minimum Gasteiger partial charge on any atom is -0.379 e. The van der Waals surface area contributed by atoms with Crippen LogP contribution >= 0.6 is 15.9 Å². The molecule has 0 aliphatic carbocycles. The van der Waals surface area contributed by atoms with Crippen molar-refractivity contribution in [2.45, 2.75) is 25.9 Å². The highest BCUT2D eigenvalue weighted by Gasteiger charge is 2.24. The van der Waals surface area contributed by atoms with E-state index in [0.717, 1.165) is 37.1 Å². The Kier molecular flexibility index (Phi) is 6.60. The maximum absolute atomic E-state index is 12.3. The van der Waals surface area contributed by atoms with Crippen molar-refractivity contribution >= 4 is 21.8 Å². The molecule has 116 valence electrons. The number of amides is 1. The Labute approximate surface area is 133 Å². The zero-order valence-corrected chi connectivity index (χ0v) is 13.8. The van der Waals surface area contributed by atoms with E-state index in [1.165, 1.54) is 0 Å². The Morgan fingerprint density at radius 2 is 2.14 bits per heavy atom. The average molecular weight is 357 g/mol. The van der Waals surface area contributed by atoms with Crippen LogP contribution in [0.15, 0.2) is 22.9 Å². The van der Waals surface area contributed by atoms with E-state index in [1.54, 1.807) is 18.3 Å². The van der Waals surface area contributed by atoms with Crippen molar-refractivity contribution in [3.8, 4) is 0 Å². The van der Waals surface area contributed by atoms with Crippen LogP contribution in [0.2, 0.25) is 0 Å². The fourth-order valence-corrected chi connectivity index (χ4v) is 2.56. The van der Waals surface area contributed by atoms with E-state index < -0.39 is 0 Å². The Bertz CT molecular complexity index is 445. The van der Waals surface area contributed by atoms with Crippen molar-refractivity contribution in [3.05, 3.63) is 28.5 Å². The van der Waals surface area contributed by atoms with E-state index in [4.69, 9.17) is 9.47 Å². The van der Waals surface area contributed by atoms with E-state index in [2.05, 4.69) is 20.9 Å². The van der Waals surface area contributed by atoms with E-state index >= 15 is 0 Å². The van der Waals surface area contributed by atoms with Crippen LogP contribution in [-0.4, -0.2) is 54.8 Å². The Morgan fingerprint density at radius 3 is 2.76 bits per heavy atom. The van der Waals surface area contributed by atoms with Crippen molar-refractivity contribution in [3.63, 3.8) is 0 Å². The highest BCUT2D eigenvalue weighted by molar-refractivity contribution is 9.10. The molecule has 2 heterocycles. The van der Waals surface area contributed by atoms with Crippen LogP contribution in [0.3, 0.4) is 0 Å². The zero-order chi connectivity index (χ0) is 15.1. The van der Waals surface area contributed by atoms with Gasteiger partial charge in [-0.2, -0.15) is 0 Å². The van der Waals surface area contributed by atoms with Gasteiger partial charge in [-0.15, -0.1) is 0 Å². The van der Waals surface area contributed by atoms with Crippen molar-refractivity contribution < 1.29 is 14.3 Å². The number of likely N-dealkylation sites (tertiary alicyclic amines) is 1. The molecule has 0 spiro atoms. The molecular weight excluding hydrogens is 336 g/mol. The van der Waals surface area contributed by atoms with Crippen LogP contribution in [0.5, 0.6) is 0 Å². The fraction of sp³-hybridized carbons (Fsp3) is 0.600. The number of rotatable bonds is 6. The molecule has 1 aliphatic rings. The standard InChI is InChI=1S/C15H21BrN2O3/c1-2-20-9-10-21-13-5-7-18(8-6-13)15(19)12-3-4-14(16)17-11-12/h3-4,11,13H,2,5-10H2,1H3. The van der Waals surface area contributed by atoms with Gasteiger partial charge in [0.15, 0.2) is 0 Å². The fourth-order valence-electron chi connectivity index (χ4n) is 2.33. The van der Waals surface area contributed by atoms with Gasteiger partial charge in [0.2, 0.25) is 0 Å². The van der Waals surface area contributed by atoms with E-state index in [9.17, 15) is 4.79 Å². The molecule has 1 amide bonds. The number of halogens is 1. The molecule has 0 aromatic carbocycles. The second kappa shape index (κ2) is 8.46. The molecule has 0 bridgehead atoms. The minimum atomic E-state index is 0.0442. The second-order valence-corrected chi connectivity index (χ2v) is 5.74. The lowest BCUT2D eigenvalue weighted by atomic mass is 10.1. The molecule has 5 nitrogen and oxygen atoms in total. The number of carbonyl (C=O) groups excluding carboxylic acids is 1. The summed E-state index contributed by atoms with van der Waals surface area (Å²) in [6, 6.07) is 3.58. The van der Waals surface area contributed by atoms with Crippen LogP contribution in [-0.2, 0) is 9.47 Å². The third kappa shape index (κ3) is 5.05. The largest absolute Gasteiger partial charge is 0.379 e. The number of pyridine rings is 1. The summed E-state index contributed by atoms with van der Waals surface area (Å²) in [6.07, 6.45) is 3.60. The predicted molar refractivity (Wildman–Crippen MR) is 83.3 cm³/mol. The summed E-state index contributed by atoms with van der Waals surface area (Å²) in [7, 11) is 0. The van der Waals surface area contributed by atoms with Gasteiger partial charge >= 0.3 is 0 Å². The summed E-state index contributed by atoms with van der Waals surface area (Å²) in [5, 5.41) is 0. The van der Waals surface area contributed by atoms with Gasteiger partial charge in [0, 0.05) is 25.9 Å². The Morgan fingerprint density at radius 1 is 1.38 bits per heavy atom. The number of piperidine rings is 1. The van der Waals surface area contributed by atoms with Gasteiger partial charge in [-0.1, -0.05) is 0 Å². The van der Waals surface area contributed by atoms with Crippen molar-refractivity contribution in [2.75, 3.05) is 32.9 Å². The van der Waals surface area contributed by atoms with E-state index in [1.807, 2.05) is 11.8 Å². The molecule has 21 heavy (non-hydrogen) atoms. The molecule has 1 aromatic rings. The first kappa shape index (κ1) is 16.4. The minimum absolute atomic E-state index is 0.0442. The van der Waals surface area contributed by atoms with Gasteiger partial charge in [0.25, 0.3) is 5.91 Å². The molecular formula is C15H21BrN2O3. The Balaban J connectivity index is 1.75. The number of carbonyl (C=O) groups is 1. The first-order valence-corrected chi connectivity index (χ1v) is 8.10.